The van der Waals surface area contributed by atoms with Gasteiger partial charge in [-0.25, -0.2) is 0 Å². The van der Waals surface area contributed by atoms with E-state index < -0.39 is 0 Å². The lowest BCUT2D eigenvalue weighted by Crippen LogP contribution is -2.19. The Kier molecular flexibility index (Phi) is 3.85. The zero-order valence-corrected chi connectivity index (χ0v) is 10.3. The van der Waals surface area contributed by atoms with Gasteiger partial charge in [0.2, 0.25) is 0 Å². The molecular weight excluding hydrogens is 192 g/mol. The Bertz CT molecular complexity index is 261. The molecule has 1 unspecified atom stereocenters. The van der Waals surface area contributed by atoms with Crippen LogP contribution in [0.1, 0.15) is 34.1 Å². The summed E-state index contributed by atoms with van der Waals surface area (Å²) in [5.74, 6) is 1.21. The highest BCUT2D eigenvalue weighted by atomic mass is 32.2. The average molecular weight is 212 g/mol. The fraction of sp³-hybridized carbons (Fsp3) is 0.667. The Balaban J connectivity index is 2.91. The van der Waals surface area contributed by atoms with Crippen LogP contribution in [0.4, 0.5) is 0 Å². The molecule has 0 saturated carbocycles. The topological polar surface area (TPSA) is 20.2 Å². The van der Waals surface area contributed by atoms with Crippen LogP contribution >= 0.6 is 11.8 Å². The summed E-state index contributed by atoms with van der Waals surface area (Å²) in [6.07, 6.45) is 4.82. The summed E-state index contributed by atoms with van der Waals surface area (Å²) in [6.45, 7) is 8.51. The van der Waals surface area contributed by atoms with Gasteiger partial charge in [-0.1, -0.05) is 26.0 Å². The van der Waals surface area contributed by atoms with Gasteiger partial charge in [-0.3, -0.25) is 0 Å². The van der Waals surface area contributed by atoms with E-state index in [1.807, 2.05) is 17.8 Å². The van der Waals surface area contributed by atoms with E-state index in [2.05, 4.69) is 26.8 Å². The number of aliphatic hydroxyl groups is 1. The van der Waals surface area contributed by atoms with Gasteiger partial charge in [-0.15, -0.1) is 11.8 Å². The summed E-state index contributed by atoms with van der Waals surface area (Å²) >= 11 is 1.93. The summed E-state index contributed by atoms with van der Waals surface area (Å²) in [5, 5.41) is 9.22. The largest absolute Gasteiger partial charge is 0.389 e. The van der Waals surface area contributed by atoms with Crippen LogP contribution in [0.15, 0.2) is 22.6 Å². The van der Waals surface area contributed by atoms with Gasteiger partial charge >= 0.3 is 0 Å². The Morgan fingerprint density at radius 3 is 2.64 bits per heavy atom. The SMILES string of the molecule is CC1=C(/C=C/C(C)O)C(C)(C)CCS1. The maximum Gasteiger partial charge on any atom is 0.0695 e. The molecule has 0 spiro atoms. The molecule has 1 rings (SSSR count). The zero-order valence-electron chi connectivity index (χ0n) is 9.50. The van der Waals surface area contributed by atoms with E-state index in [0.29, 0.717) is 0 Å². The number of thioether (sulfide) groups is 1. The molecule has 1 aliphatic rings. The number of allylic oxidation sites excluding steroid dienone is 3. The van der Waals surface area contributed by atoms with Gasteiger partial charge in [-0.05, 0) is 41.9 Å². The van der Waals surface area contributed by atoms with Gasteiger partial charge in [-0.2, -0.15) is 0 Å². The molecule has 1 aliphatic heterocycles. The molecule has 2 heteroatoms. The quantitative estimate of drug-likeness (QED) is 0.757. The first-order valence-electron chi connectivity index (χ1n) is 5.14. The number of aliphatic hydroxyl groups excluding tert-OH is 1. The first-order valence-corrected chi connectivity index (χ1v) is 6.12. The van der Waals surface area contributed by atoms with Crippen LogP contribution in [0.2, 0.25) is 0 Å². The van der Waals surface area contributed by atoms with Crippen molar-refractivity contribution in [3.05, 3.63) is 22.6 Å². The normalized spacial score (nSPS) is 24.4. The Morgan fingerprint density at radius 1 is 1.50 bits per heavy atom. The van der Waals surface area contributed by atoms with Crippen molar-refractivity contribution in [1.29, 1.82) is 0 Å². The van der Waals surface area contributed by atoms with Gasteiger partial charge < -0.3 is 5.11 Å². The maximum atomic E-state index is 9.22. The molecule has 0 amide bonds. The van der Waals surface area contributed by atoms with Crippen molar-refractivity contribution in [2.45, 2.75) is 40.2 Å². The van der Waals surface area contributed by atoms with Crippen molar-refractivity contribution >= 4 is 11.8 Å². The average Bonchev–Trinajstić information content (AvgIpc) is 2.01. The maximum absolute atomic E-state index is 9.22. The molecular formula is C12H20OS. The number of hydrogen-bond donors (Lipinski definition) is 1. The Hall–Kier alpha value is -0.210. The lowest BCUT2D eigenvalue weighted by Gasteiger charge is -2.32. The van der Waals surface area contributed by atoms with Crippen LogP contribution < -0.4 is 0 Å². The first-order chi connectivity index (χ1) is 6.43. The second kappa shape index (κ2) is 4.54. The summed E-state index contributed by atoms with van der Waals surface area (Å²) in [4.78, 5) is 1.40. The molecule has 14 heavy (non-hydrogen) atoms. The summed E-state index contributed by atoms with van der Waals surface area (Å²) in [6, 6.07) is 0. The minimum atomic E-state index is -0.349. The van der Waals surface area contributed by atoms with Crippen LogP contribution in [-0.4, -0.2) is 17.0 Å². The van der Waals surface area contributed by atoms with Gasteiger partial charge in [0.1, 0.15) is 0 Å². The van der Waals surface area contributed by atoms with Crippen LogP contribution in [0, 0.1) is 5.41 Å². The van der Waals surface area contributed by atoms with Crippen molar-refractivity contribution in [2.75, 3.05) is 5.75 Å². The van der Waals surface area contributed by atoms with E-state index in [4.69, 9.17) is 0 Å². The third-order valence-corrected chi connectivity index (χ3v) is 3.76. The molecule has 1 N–H and O–H groups in total. The minimum absolute atomic E-state index is 0.265. The predicted molar refractivity (Wildman–Crippen MR) is 64.4 cm³/mol. The molecule has 0 aliphatic carbocycles. The summed E-state index contributed by atoms with van der Waals surface area (Å²) in [5.41, 5.74) is 1.65. The number of hydrogen-bond acceptors (Lipinski definition) is 2. The van der Waals surface area contributed by atoms with E-state index in [9.17, 15) is 5.11 Å². The van der Waals surface area contributed by atoms with Gasteiger partial charge in [0.25, 0.3) is 0 Å². The molecule has 0 fully saturated rings. The van der Waals surface area contributed by atoms with Crippen molar-refractivity contribution in [2.24, 2.45) is 5.41 Å². The minimum Gasteiger partial charge on any atom is -0.389 e. The van der Waals surface area contributed by atoms with Gasteiger partial charge in [0.15, 0.2) is 0 Å². The van der Waals surface area contributed by atoms with Crippen molar-refractivity contribution in [3.8, 4) is 0 Å². The molecule has 0 aromatic rings. The third-order valence-electron chi connectivity index (χ3n) is 2.70. The summed E-state index contributed by atoms with van der Waals surface area (Å²) < 4.78 is 0. The van der Waals surface area contributed by atoms with Crippen molar-refractivity contribution in [3.63, 3.8) is 0 Å². The smallest absolute Gasteiger partial charge is 0.0695 e. The van der Waals surface area contributed by atoms with Gasteiger partial charge in [0, 0.05) is 0 Å². The van der Waals surface area contributed by atoms with Crippen molar-refractivity contribution in [1.82, 2.24) is 0 Å². The molecule has 1 heterocycles. The highest BCUT2D eigenvalue weighted by Crippen LogP contribution is 2.42. The fourth-order valence-electron chi connectivity index (χ4n) is 1.73. The van der Waals surface area contributed by atoms with Gasteiger partial charge in [0.05, 0.1) is 6.10 Å². The van der Waals surface area contributed by atoms with E-state index >= 15 is 0 Å². The Morgan fingerprint density at radius 2 is 2.14 bits per heavy atom. The number of rotatable bonds is 2. The molecule has 1 nitrogen and oxygen atoms in total. The molecule has 0 aromatic heterocycles. The molecule has 0 bridgehead atoms. The van der Waals surface area contributed by atoms with Crippen LogP contribution in [0.5, 0.6) is 0 Å². The molecule has 80 valence electrons. The predicted octanol–water partition coefficient (Wildman–Crippen LogP) is 3.36. The monoisotopic (exact) mass is 212 g/mol. The standard InChI is InChI=1S/C12H20OS/c1-9(13)5-6-11-10(2)14-8-7-12(11,3)4/h5-6,9,13H,7-8H2,1-4H3/b6-5+. The lowest BCUT2D eigenvalue weighted by molar-refractivity contribution is 0.244. The zero-order chi connectivity index (χ0) is 10.8. The van der Waals surface area contributed by atoms with E-state index in [1.54, 1.807) is 6.92 Å². The summed E-state index contributed by atoms with van der Waals surface area (Å²) in [7, 11) is 0. The van der Waals surface area contributed by atoms with Crippen LogP contribution in [0.25, 0.3) is 0 Å². The molecule has 0 radical (unpaired) electrons. The third kappa shape index (κ3) is 2.89. The second-order valence-electron chi connectivity index (χ2n) is 4.55. The highest BCUT2D eigenvalue weighted by molar-refractivity contribution is 8.03. The van der Waals surface area contributed by atoms with Crippen LogP contribution in [-0.2, 0) is 0 Å². The highest BCUT2D eigenvalue weighted by Gasteiger charge is 2.26. The van der Waals surface area contributed by atoms with Crippen LogP contribution in [0.3, 0.4) is 0 Å². The second-order valence-corrected chi connectivity index (χ2v) is 5.86. The van der Waals surface area contributed by atoms with Crippen molar-refractivity contribution < 1.29 is 5.11 Å². The molecule has 1 atom stereocenters. The van der Waals surface area contributed by atoms with E-state index in [0.717, 1.165) is 0 Å². The lowest BCUT2D eigenvalue weighted by atomic mass is 9.80. The van der Waals surface area contributed by atoms with E-state index in [1.165, 1.54) is 22.7 Å². The Labute approximate surface area is 91.3 Å². The first kappa shape index (κ1) is 11.9. The fourth-order valence-corrected chi connectivity index (χ4v) is 3.15. The molecule has 0 saturated heterocycles. The molecule has 0 aromatic carbocycles. The van der Waals surface area contributed by atoms with E-state index in [-0.39, 0.29) is 11.5 Å².